The third kappa shape index (κ3) is 4.33. The number of benzene rings is 2. The van der Waals surface area contributed by atoms with Gasteiger partial charge in [-0.05, 0) is 49.6 Å². The van der Waals surface area contributed by atoms with Crippen LogP contribution in [0.4, 0.5) is 4.39 Å². The number of carbonyl (C=O) groups is 1. The molecule has 0 saturated heterocycles. The summed E-state index contributed by atoms with van der Waals surface area (Å²) in [5, 5.41) is 11.2. The minimum atomic E-state index is -0.432. The molecular weight excluding hydrogens is 377 g/mol. The van der Waals surface area contributed by atoms with Crippen LogP contribution in [0.5, 0.6) is 0 Å². The normalized spacial score (nSPS) is 12.0. The molecule has 8 heteroatoms. The zero-order valence-electron chi connectivity index (χ0n) is 15.9. The summed E-state index contributed by atoms with van der Waals surface area (Å²) in [5.41, 5.74) is 3.71. The molecule has 6 nitrogen and oxygen atoms in total. The Balaban J connectivity index is 1.62. The van der Waals surface area contributed by atoms with Crippen molar-refractivity contribution in [1.82, 2.24) is 20.2 Å². The lowest BCUT2D eigenvalue weighted by molar-refractivity contribution is -0.119. The summed E-state index contributed by atoms with van der Waals surface area (Å²) in [7, 11) is 0. The zero-order valence-corrected chi connectivity index (χ0v) is 16.8. The van der Waals surface area contributed by atoms with Gasteiger partial charge >= 0.3 is 0 Å². The van der Waals surface area contributed by atoms with E-state index in [1.165, 1.54) is 21.9 Å². The second-order valence-electron chi connectivity index (χ2n) is 6.58. The fraction of sp³-hybridized carbons (Fsp3) is 0.250. The van der Waals surface area contributed by atoms with Gasteiger partial charge < -0.3 is 11.2 Å². The lowest BCUT2D eigenvalue weighted by atomic mass is 10.0. The Morgan fingerprint density at radius 3 is 2.68 bits per heavy atom. The van der Waals surface area contributed by atoms with Crippen LogP contribution in [0.3, 0.4) is 0 Å². The van der Waals surface area contributed by atoms with Crippen LogP contribution in [-0.4, -0.2) is 26.5 Å². The number of rotatable bonds is 6. The quantitative estimate of drug-likeness (QED) is 0.490. The third-order valence-corrected chi connectivity index (χ3v) is 5.46. The molecule has 0 bridgehead atoms. The van der Waals surface area contributed by atoms with Crippen LogP contribution in [0, 0.1) is 19.7 Å². The van der Waals surface area contributed by atoms with Crippen molar-refractivity contribution in [3.63, 3.8) is 0 Å². The van der Waals surface area contributed by atoms with Gasteiger partial charge in [-0.1, -0.05) is 42.1 Å². The first kappa shape index (κ1) is 19.9. The first-order valence-electron chi connectivity index (χ1n) is 8.81. The first-order valence-corrected chi connectivity index (χ1v) is 9.80. The predicted octanol–water partition coefficient (Wildman–Crippen LogP) is 3.38. The average molecular weight is 399 g/mol. The van der Waals surface area contributed by atoms with Gasteiger partial charge in [0.15, 0.2) is 5.82 Å². The van der Waals surface area contributed by atoms with Crippen molar-refractivity contribution in [2.24, 2.45) is 0 Å². The van der Waals surface area contributed by atoms with Gasteiger partial charge in [-0.25, -0.2) is 9.07 Å². The van der Waals surface area contributed by atoms with Crippen molar-refractivity contribution in [1.29, 1.82) is 0 Å². The minimum absolute atomic E-state index is 0.114. The van der Waals surface area contributed by atoms with Crippen LogP contribution in [0.15, 0.2) is 47.6 Å². The molecule has 3 aromatic rings. The van der Waals surface area contributed by atoms with E-state index in [0.717, 1.165) is 17.3 Å². The van der Waals surface area contributed by atoms with Crippen LogP contribution in [0.25, 0.3) is 11.4 Å². The van der Waals surface area contributed by atoms with Gasteiger partial charge in [0.2, 0.25) is 11.1 Å². The number of amides is 1. The SMILES string of the molecule is Cc1ccc([C@H](C)NC(=O)CSc2nnc(-c3ccccc3F)n2N)cc1C. The van der Waals surface area contributed by atoms with E-state index in [1.54, 1.807) is 18.2 Å². The van der Waals surface area contributed by atoms with Gasteiger partial charge in [0.25, 0.3) is 0 Å². The van der Waals surface area contributed by atoms with Gasteiger partial charge in [0, 0.05) is 0 Å². The number of hydrogen-bond acceptors (Lipinski definition) is 5. The summed E-state index contributed by atoms with van der Waals surface area (Å²) in [4.78, 5) is 12.3. The van der Waals surface area contributed by atoms with Crippen LogP contribution < -0.4 is 11.2 Å². The number of nitrogens with one attached hydrogen (secondary N) is 1. The maximum absolute atomic E-state index is 13.9. The topological polar surface area (TPSA) is 85.8 Å². The highest BCUT2D eigenvalue weighted by Crippen LogP contribution is 2.24. The standard InChI is InChI=1S/C20H22FN5OS/c1-12-8-9-15(10-13(12)2)14(3)23-18(27)11-28-20-25-24-19(26(20)22)16-6-4-5-7-17(16)21/h4-10,14H,11,22H2,1-3H3,(H,23,27)/t14-/m0/s1. The highest BCUT2D eigenvalue weighted by Gasteiger charge is 2.17. The molecule has 1 aromatic heterocycles. The Labute approximate surface area is 167 Å². The highest BCUT2D eigenvalue weighted by molar-refractivity contribution is 7.99. The molecule has 0 radical (unpaired) electrons. The van der Waals surface area contributed by atoms with E-state index in [2.05, 4.69) is 28.5 Å². The number of nitrogens with two attached hydrogens (primary N) is 1. The van der Waals surface area contributed by atoms with Crippen LogP contribution in [0.1, 0.15) is 29.7 Å². The number of aryl methyl sites for hydroxylation is 2. The van der Waals surface area contributed by atoms with E-state index >= 15 is 0 Å². The lowest BCUT2D eigenvalue weighted by Crippen LogP contribution is -2.28. The Hall–Kier alpha value is -2.87. The van der Waals surface area contributed by atoms with E-state index in [4.69, 9.17) is 5.84 Å². The molecule has 0 aliphatic heterocycles. The molecule has 1 heterocycles. The second kappa shape index (κ2) is 8.43. The van der Waals surface area contributed by atoms with Crippen LogP contribution in [-0.2, 0) is 4.79 Å². The molecular formula is C20H22FN5OS. The van der Waals surface area contributed by atoms with Crippen molar-refractivity contribution in [3.8, 4) is 11.4 Å². The van der Waals surface area contributed by atoms with Crippen molar-refractivity contribution in [3.05, 3.63) is 65.0 Å². The van der Waals surface area contributed by atoms with Gasteiger partial charge in [-0.15, -0.1) is 10.2 Å². The molecule has 1 atom stereocenters. The molecule has 0 fully saturated rings. The van der Waals surface area contributed by atoms with E-state index < -0.39 is 5.82 Å². The molecule has 3 N–H and O–H groups in total. The largest absolute Gasteiger partial charge is 0.349 e. The summed E-state index contributed by atoms with van der Waals surface area (Å²) in [5.74, 6) is 5.75. The molecule has 28 heavy (non-hydrogen) atoms. The third-order valence-electron chi connectivity index (χ3n) is 4.52. The molecule has 0 spiro atoms. The molecule has 0 saturated carbocycles. The monoisotopic (exact) mass is 399 g/mol. The summed E-state index contributed by atoms with van der Waals surface area (Å²) >= 11 is 1.15. The van der Waals surface area contributed by atoms with E-state index in [1.807, 2.05) is 26.0 Å². The van der Waals surface area contributed by atoms with Gasteiger partial charge in [-0.2, -0.15) is 0 Å². The molecule has 1 amide bonds. The van der Waals surface area contributed by atoms with Gasteiger partial charge in [0.05, 0.1) is 17.4 Å². The molecule has 0 unspecified atom stereocenters. The fourth-order valence-electron chi connectivity index (χ4n) is 2.73. The number of hydrogen-bond donors (Lipinski definition) is 2. The van der Waals surface area contributed by atoms with Crippen LogP contribution in [0.2, 0.25) is 0 Å². The smallest absolute Gasteiger partial charge is 0.230 e. The Bertz CT molecular complexity index is 1000. The van der Waals surface area contributed by atoms with Crippen molar-refractivity contribution in [2.75, 3.05) is 11.6 Å². The average Bonchev–Trinajstić information content (AvgIpc) is 3.03. The number of thioether (sulfide) groups is 1. The summed E-state index contributed by atoms with van der Waals surface area (Å²) in [6.07, 6.45) is 0. The van der Waals surface area contributed by atoms with E-state index in [9.17, 15) is 9.18 Å². The number of nitrogen functional groups attached to an aromatic ring is 1. The molecule has 2 aromatic carbocycles. The number of aromatic nitrogens is 3. The predicted molar refractivity (Wildman–Crippen MR) is 109 cm³/mol. The zero-order chi connectivity index (χ0) is 20.3. The van der Waals surface area contributed by atoms with Gasteiger partial charge in [-0.3, -0.25) is 4.79 Å². The maximum atomic E-state index is 13.9. The Morgan fingerprint density at radius 2 is 1.96 bits per heavy atom. The minimum Gasteiger partial charge on any atom is -0.349 e. The highest BCUT2D eigenvalue weighted by atomic mass is 32.2. The maximum Gasteiger partial charge on any atom is 0.230 e. The summed E-state index contributed by atoms with van der Waals surface area (Å²) in [6.45, 7) is 6.04. The number of carbonyl (C=O) groups excluding carboxylic acids is 1. The van der Waals surface area contributed by atoms with Crippen LogP contribution >= 0.6 is 11.8 Å². The number of halogens is 1. The second-order valence-corrected chi connectivity index (χ2v) is 7.52. The Morgan fingerprint density at radius 1 is 1.21 bits per heavy atom. The molecule has 0 aliphatic carbocycles. The molecule has 0 aliphatic rings. The van der Waals surface area contributed by atoms with Crippen molar-refractivity contribution >= 4 is 17.7 Å². The molecule has 3 rings (SSSR count). The van der Waals surface area contributed by atoms with Crippen molar-refractivity contribution < 1.29 is 9.18 Å². The number of nitrogens with zero attached hydrogens (tertiary/aromatic N) is 3. The van der Waals surface area contributed by atoms with Gasteiger partial charge in [0.1, 0.15) is 5.82 Å². The summed E-state index contributed by atoms with van der Waals surface area (Å²) in [6, 6.07) is 12.2. The lowest BCUT2D eigenvalue weighted by Gasteiger charge is -2.15. The Kier molecular flexibility index (Phi) is 5.99. The van der Waals surface area contributed by atoms with Crippen molar-refractivity contribution in [2.45, 2.75) is 32.0 Å². The summed E-state index contributed by atoms with van der Waals surface area (Å²) < 4.78 is 15.1. The van der Waals surface area contributed by atoms with E-state index in [-0.39, 0.29) is 29.1 Å². The van der Waals surface area contributed by atoms with E-state index in [0.29, 0.717) is 5.16 Å². The first-order chi connectivity index (χ1) is 13.4. The molecule has 146 valence electrons. The fourth-order valence-corrected chi connectivity index (χ4v) is 3.40.